The van der Waals surface area contributed by atoms with E-state index in [-0.39, 0.29) is 12.5 Å². The van der Waals surface area contributed by atoms with Crippen LogP contribution in [0.3, 0.4) is 0 Å². The van der Waals surface area contributed by atoms with Crippen molar-refractivity contribution in [3.8, 4) is 5.75 Å². The third-order valence-corrected chi connectivity index (χ3v) is 5.77. The van der Waals surface area contributed by atoms with Crippen molar-refractivity contribution in [2.45, 2.75) is 6.04 Å². The Morgan fingerprint density at radius 2 is 2.03 bits per heavy atom. The summed E-state index contributed by atoms with van der Waals surface area (Å²) in [5.74, 6) is 0.494. The van der Waals surface area contributed by atoms with Crippen LogP contribution >= 0.6 is 11.8 Å². The minimum absolute atomic E-state index is 0.146. The maximum Gasteiger partial charge on any atom is 0.264 e. The van der Waals surface area contributed by atoms with Gasteiger partial charge < -0.3 is 19.9 Å². The number of aromatic nitrogens is 1. The van der Waals surface area contributed by atoms with Gasteiger partial charge in [-0.1, -0.05) is 36.4 Å². The maximum absolute atomic E-state index is 12.5. The summed E-state index contributed by atoms with van der Waals surface area (Å²) in [4.78, 5) is 21.9. The van der Waals surface area contributed by atoms with Crippen LogP contribution in [0.4, 0.5) is 0 Å². The predicted molar refractivity (Wildman–Crippen MR) is 127 cm³/mol. The zero-order valence-corrected chi connectivity index (χ0v) is 18.3. The molecule has 2 heterocycles. The van der Waals surface area contributed by atoms with Gasteiger partial charge in [0.05, 0.1) is 23.6 Å². The first-order valence-electron chi connectivity index (χ1n) is 10.1. The number of nitrogens with one attached hydrogen (secondary N) is 1. The molecule has 2 aromatic carbocycles. The average molecular weight is 450 g/mol. The van der Waals surface area contributed by atoms with Gasteiger partial charge in [0.25, 0.3) is 5.91 Å². The summed E-state index contributed by atoms with van der Waals surface area (Å²) in [5.41, 5.74) is 2.54. The first kappa shape index (κ1) is 22.0. The first-order valence-corrected chi connectivity index (χ1v) is 10.9. The summed E-state index contributed by atoms with van der Waals surface area (Å²) in [6.45, 7) is 0.781. The zero-order chi connectivity index (χ0) is 22.3. The van der Waals surface area contributed by atoms with E-state index in [2.05, 4.69) is 15.3 Å². The fourth-order valence-electron chi connectivity index (χ4n) is 3.27. The number of ether oxygens (including phenoxy) is 2. The van der Waals surface area contributed by atoms with E-state index in [1.807, 2.05) is 60.7 Å². The number of fused-ring (bicyclic) bond motifs is 1. The van der Waals surface area contributed by atoms with Gasteiger partial charge in [0.2, 0.25) is 0 Å². The fraction of sp³-hybridized carbons (Fsp3) is 0.208. The molecular formula is C24H23N3O4S. The Kier molecular flexibility index (Phi) is 7.16. The maximum atomic E-state index is 12.5. The lowest BCUT2D eigenvalue weighted by atomic mass is 10.1. The van der Waals surface area contributed by atoms with E-state index in [0.29, 0.717) is 29.0 Å². The minimum Gasteiger partial charge on any atom is -0.490 e. The predicted octanol–water partition coefficient (Wildman–Crippen LogP) is 3.55. The number of aliphatic hydroxyl groups is 1. The second kappa shape index (κ2) is 10.4. The molecule has 1 amide bonds. The molecule has 3 aromatic rings. The molecule has 0 spiro atoms. The van der Waals surface area contributed by atoms with Gasteiger partial charge in [0.15, 0.2) is 5.17 Å². The van der Waals surface area contributed by atoms with Crippen LogP contribution in [0.1, 0.15) is 17.2 Å². The lowest BCUT2D eigenvalue weighted by Gasteiger charge is -2.10. The van der Waals surface area contributed by atoms with Crippen molar-refractivity contribution in [3.05, 3.63) is 76.8 Å². The van der Waals surface area contributed by atoms with Crippen molar-refractivity contribution in [2.24, 2.45) is 4.99 Å². The topological polar surface area (TPSA) is 93.0 Å². The Hall–Kier alpha value is -3.20. The molecule has 4 rings (SSSR count). The van der Waals surface area contributed by atoms with Gasteiger partial charge in [0, 0.05) is 18.7 Å². The molecule has 32 heavy (non-hydrogen) atoms. The second-order valence-corrected chi connectivity index (χ2v) is 8.07. The number of pyridine rings is 1. The molecule has 0 bridgehead atoms. The lowest BCUT2D eigenvalue weighted by molar-refractivity contribution is -0.115. The molecule has 7 nitrogen and oxygen atoms in total. The van der Waals surface area contributed by atoms with Gasteiger partial charge in [-0.2, -0.15) is 0 Å². The number of aliphatic imine (C=N–C) groups is 1. The third kappa shape index (κ3) is 5.16. The summed E-state index contributed by atoms with van der Waals surface area (Å²) in [7, 11) is 1.63. The van der Waals surface area contributed by atoms with E-state index >= 15 is 0 Å². The van der Waals surface area contributed by atoms with Crippen LogP contribution in [-0.2, 0) is 9.53 Å². The molecule has 1 atom stereocenters. The molecule has 1 aromatic heterocycles. The van der Waals surface area contributed by atoms with Gasteiger partial charge in [-0.3, -0.25) is 14.8 Å². The Morgan fingerprint density at radius 1 is 1.19 bits per heavy atom. The summed E-state index contributed by atoms with van der Waals surface area (Å²) in [6, 6.07) is 16.6. The van der Waals surface area contributed by atoms with Crippen LogP contribution in [0, 0.1) is 0 Å². The van der Waals surface area contributed by atoms with Gasteiger partial charge in [-0.05, 0) is 47.2 Å². The van der Waals surface area contributed by atoms with Crippen molar-refractivity contribution in [3.63, 3.8) is 0 Å². The number of rotatable bonds is 8. The highest BCUT2D eigenvalue weighted by Crippen LogP contribution is 2.30. The SMILES string of the molecule is COCCOc1ccnc2ccc(/C=C3/SC(=N[C@@H](CO)c4ccccc4)NC3=O)cc12. The number of amidine groups is 1. The van der Waals surface area contributed by atoms with Crippen LogP contribution in [0.15, 0.2) is 70.7 Å². The van der Waals surface area contributed by atoms with Crippen LogP contribution < -0.4 is 10.1 Å². The number of methoxy groups -OCH3 is 1. The van der Waals surface area contributed by atoms with E-state index in [9.17, 15) is 9.90 Å². The zero-order valence-electron chi connectivity index (χ0n) is 17.5. The number of nitrogens with zero attached hydrogens (tertiary/aromatic N) is 2. The third-order valence-electron chi connectivity index (χ3n) is 4.85. The Labute approximate surface area is 190 Å². The fourth-order valence-corrected chi connectivity index (χ4v) is 4.14. The molecular weight excluding hydrogens is 426 g/mol. The molecule has 1 fully saturated rings. The summed E-state index contributed by atoms with van der Waals surface area (Å²) < 4.78 is 10.9. The summed E-state index contributed by atoms with van der Waals surface area (Å²) >= 11 is 1.25. The van der Waals surface area contributed by atoms with Crippen molar-refractivity contribution >= 4 is 39.8 Å². The number of amides is 1. The minimum atomic E-state index is -0.433. The van der Waals surface area contributed by atoms with Crippen molar-refractivity contribution in [1.82, 2.24) is 10.3 Å². The van der Waals surface area contributed by atoms with Gasteiger partial charge in [0.1, 0.15) is 18.4 Å². The monoisotopic (exact) mass is 449 g/mol. The summed E-state index contributed by atoms with van der Waals surface area (Å²) in [6.07, 6.45) is 3.51. The molecule has 164 valence electrons. The van der Waals surface area contributed by atoms with Gasteiger partial charge in [-0.15, -0.1) is 0 Å². The highest BCUT2D eigenvalue weighted by atomic mass is 32.2. The molecule has 0 unspecified atom stereocenters. The number of aliphatic hydroxyl groups excluding tert-OH is 1. The number of benzene rings is 2. The molecule has 8 heteroatoms. The van der Waals surface area contributed by atoms with Gasteiger partial charge >= 0.3 is 0 Å². The van der Waals surface area contributed by atoms with E-state index in [0.717, 1.165) is 22.0 Å². The molecule has 2 N–H and O–H groups in total. The molecule has 0 aliphatic carbocycles. The van der Waals surface area contributed by atoms with Crippen LogP contribution in [0.5, 0.6) is 5.75 Å². The quantitative estimate of drug-likeness (QED) is 0.404. The Morgan fingerprint density at radius 3 is 2.81 bits per heavy atom. The van der Waals surface area contributed by atoms with E-state index in [1.165, 1.54) is 11.8 Å². The van der Waals surface area contributed by atoms with Crippen LogP contribution in [0.25, 0.3) is 17.0 Å². The number of carbonyl (C=O) groups is 1. The standard InChI is InChI=1S/C24H23N3O4S/c1-30-11-12-31-21-9-10-25-19-8-7-16(13-18(19)21)14-22-23(29)27-24(32-22)26-20(15-28)17-5-3-2-4-6-17/h2-10,13-14,20,28H,11-12,15H2,1H3,(H,26,27,29)/b22-14+/t20-/m0/s1. The molecule has 0 saturated carbocycles. The second-order valence-electron chi connectivity index (χ2n) is 7.04. The van der Waals surface area contributed by atoms with Crippen LogP contribution in [0.2, 0.25) is 0 Å². The Bertz CT molecular complexity index is 1160. The largest absolute Gasteiger partial charge is 0.490 e. The Balaban J connectivity index is 1.57. The number of carbonyl (C=O) groups excluding carboxylic acids is 1. The molecule has 1 aliphatic rings. The van der Waals surface area contributed by atoms with E-state index in [4.69, 9.17) is 9.47 Å². The van der Waals surface area contributed by atoms with Crippen molar-refractivity contribution < 1.29 is 19.4 Å². The molecule has 0 radical (unpaired) electrons. The highest BCUT2D eigenvalue weighted by molar-refractivity contribution is 8.18. The number of thioether (sulfide) groups is 1. The highest BCUT2D eigenvalue weighted by Gasteiger charge is 2.25. The van der Waals surface area contributed by atoms with Gasteiger partial charge in [-0.25, -0.2) is 0 Å². The molecule has 1 aliphatic heterocycles. The number of hydrogen-bond acceptors (Lipinski definition) is 7. The van der Waals surface area contributed by atoms with Crippen LogP contribution in [-0.4, -0.2) is 48.1 Å². The van der Waals surface area contributed by atoms with E-state index in [1.54, 1.807) is 13.3 Å². The average Bonchev–Trinajstić information content (AvgIpc) is 3.17. The normalized spacial score (nSPS) is 17.1. The molecule has 1 saturated heterocycles. The van der Waals surface area contributed by atoms with Crippen molar-refractivity contribution in [1.29, 1.82) is 0 Å². The van der Waals surface area contributed by atoms with E-state index < -0.39 is 6.04 Å². The summed E-state index contributed by atoms with van der Waals surface area (Å²) in [5, 5.41) is 13.9. The lowest BCUT2D eigenvalue weighted by Crippen LogP contribution is -2.21. The smallest absolute Gasteiger partial charge is 0.264 e. The first-order chi connectivity index (χ1) is 15.7. The van der Waals surface area contributed by atoms with Crippen molar-refractivity contribution in [2.75, 3.05) is 26.9 Å². The number of hydrogen-bond donors (Lipinski definition) is 2.